The predicted molar refractivity (Wildman–Crippen MR) is 194 cm³/mol. The van der Waals surface area contributed by atoms with Gasteiger partial charge in [-0.05, 0) is 74.1 Å². The maximum absolute atomic E-state index is 15.1. The van der Waals surface area contributed by atoms with Gasteiger partial charge in [0.1, 0.15) is 11.5 Å². The van der Waals surface area contributed by atoms with Crippen LogP contribution in [0.1, 0.15) is 37.3 Å². The third-order valence-corrected chi connectivity index (χ3v) is 9.54. The quantitative estimate of drug-likeness (QED) is 0.0765. The van der Waals surface area contributed by atoms with E-state index in [1.807, 2.05) is 49.0 Å². The van der Waals surface area contributed by atoms with Crippen LogP contribution in [-0.4, -0.2) is 75.0 Å². The molecule has 1 fully saturated rings. The molecule has 0 bridgehead atoms. The number of H-pyrrole nitrogens is 1. The zero-order valence-corrected chi connectivity index (χ0v) is 28.4. The van der Waals surface area contributed by atoms with E-state index in [9.17, 15) is 4.79 Å². The van der Waals surface area contributed by atoms with E-state index in [-0.39, 0.29) is 17.1 Å². The number of fused-ring (bicyclic) bond motifs is 1. The van der Waals surface area contributed by atoms with Gasteiger partial charge in [-0.1, -0.05) is 29.8 Å². The van der Waals surface area contributed by atoms with Crippen molar-refractivity contribution >= 4 is 40.2 Å². The molecule has 12 heteroatoms. The number of hydrogen-bond acceptors (Lipinski definition) is 7. The van der Waals surface area contributed by atoms with E-state index in [2.05, 4.69) is 31.8 Å². The van der Waals surface area contributed by atoms with Crippen LogP contribution in [0, 0.1) is 5.82 Å². The first-order valence-electron chi connectivity index (χ1n) is 16.1. The van der Waals surface area contributed by atoms with Crippen LogP contribution in [0.2, 0.25) is 5.02 Å². The molecule has 3 heterocycles. The zero-order valence-electron chi connectivity index (χ0n) is 26.9. The lowest BCUT2D eigenvalue weighted by atomic mass is 10.0. The van der Waals surface area contributed by atoms with Crippen molar-refractivity contribution in [1.82, 2.24) is 24.8 Å². The second-order valence-electron chi connectivity index (χ2n) is 12.1. The van der Waals surface area contributed by atoms with Gasteiger partial charge in [-0.3, -0.25) is 14.5 Å². The molecular formula is C35H44ClFN8OS. The summed E-state index contributed by atoms with van der Waals surface area (Å²) in [6.07, 6.45) is 6.88. The molecular weight excluding hydrogens is 635 g/mol. The third-order valence-electron chi connectivity index (χ3n) is 8.32. The van der Waals surface area contributed by atoms with Crippen LogP contribution in [0.4, 0.5) is 4.39 Å². The summed E-state index contributed by atoms with van der Waals surface area (Å²) in [6, 6.07) is 13.2. The van der Waals surface area contributed by atoms with Crippen LogP contribution in [0.25, 0.3) is 28.0 Å². The minimum atomic E-state index is -0.517. The van der Waals surface area contributed by atoms with E-state index in [1.54, 1.807) is 24.4 Å². The van der Waals surface area contributed by atoms with Gasteiger partial charge in [-0.15, -0.1) is 6.58 Å². The lowest BCUT2D eigenvalue weighted by Crippen LogP contribution is -2.39. The summed E-state index contributed by atoms with van der Waals surface area (Å²) in [5.41, 5.74) is 15.5. The van der Waals surface area contributed by atoms with Gasteiger partial charge in [0.25, 0.3) is 0 Å². The fourth-order valence-corrected chi connectivity index (χ4v) is 6.87. The fourth-order valence-electron chi connectivity index (χ4n) is 5.65. The van der Waals surface area contributed by atoms with Gasteiger partial charge in [-0.2, -0.15) is 16.7 Å². The number of benzene rings is 2. The largest absolute Gasteiger partial charge is 0.386 e. The summed E-state index contributed by atoms with van der Waals surface area (Å²) in [4.78, 5) is 27.3. The highest BCUT2D eigenvalue weighted by Gasteiger charge is 2.16. The maximum Gasteiger partial charge on any atom is 0.354 e. The lowest BCUT2D eigenvalue weighted by molar-refractivity contribution is 0.344. The Bertz CT molecular complexity index is 1750. The highest BCUT2D eigenvalue weighted by molar-refractivity contribution is 7.99. The monoisotopic (exact) mass is 678 g/mol. The Morgan fingerprint density at radius 1 is 1.21 bits per heavy atom. The van der Waals surface area contributed by atoms with Crippen molar-refractivity contribution in [2.45, 2.75) is 51.2 Å². The van der Waals surface area contributed by atoms with Crippen LogP contribution >= 0.6 is 23.4 Å². The number of aromatic nitrogens is 3. The minimum absolute atomic E-state index is 0.0549. The predicted octanol–water partition coefficient (Wildman–Crippen LogP) is 5.28. The molecule has 0 unspecified atom stereocenters. The van der Waals surface area contributed by atoms with Gasteiger partial charge in [0, 0.05) is 66.9 Å². The van der Waals surface area contributed by atoms with Gasteiger partial charge in [0.15, 0.2) is 5.82 Å². The Kier molecular flexibility index (Phi) is 12.3. The average Bonchev–Trinajstić information content (AvgIpc) is 3.47. The molecule has 250 valence electrons. The number of nitrogens with two attached hydrogens (primary N) is 2. The number of thioether (sulfide) groups is 1. The number of hydrogen-bond donors (Lipinski definition) is 4. The summed E-state index contributed by atoms with van der Waals surface area (Å²) in [6.45, 7) is 10.1. The molecule has 0 spiro atoms. The molecule has 1 aliphatic rings. The number of nitrogens with zero attached hydrogens (tertiary/aromatic N) is 4. The van der Waals surface area contributed by atoms with Gasteiger partial charge in [0.05, 0.1) is 22.9 Å². The van der Waals surface area contributed by atoms with E-state index in [4.69, 9.17) is 23.1 Å². The van der Waals surface area contributed by atoms with Crippen molar-refractivity contribution in [1.29, 1.82) is 0 Å². The maximum atomic E-state index is 15.1. The molecule has 47 heavy (non-hydrogen) atoms. The number of rotatable bonds is 15. The summed E-state index contributed by atoms with van der Waals surface area (Å²) in [5, 5.41) is 4.24. The van der Waals surface area contributed by atoms with Crippen molar-refractivity contribution < 1.29 is 4.39 Å². The first kappa shape index (κ1) is 34.8. The SMILES string of the molecule is C=C[C@H](CCN=C(N)CN1CCSCC1)NCc1ccc(-n2cc3cc(-c4cc(CCC[C@H](C)N)cc(Cl)c4F)[nH]c3nc2=O)cc1. The minimum Gasteiger partial charge on any atom is -0.386 e. The number of aromatic amines is 1. The van der Waals surface area contributed by atoms with Crippen molar-refractivity contribution in [3.05, 3.63) is 93.8 Å². The Balaban J connectivity index is 1.22. The lowest BCUT2D eigenvalue weighted by Gasteiger charge is -2.25. The van der Waals surface area contributed by atoms with Crippen LogP contribution < -0.4 is 22.5 Å². The zero-order chi connectivity index (χ0) is 33.3. The standard InChI is InChI=1S/C35H44ClFN8OS/c1-3-27(11-12-40-32(39)22-44-13-15-47-16-14-44)41-20-24-7-9-28(10-8-24)45-21-26-19-31(42-34(26)43-35(45)46)29-17-25(6-4-5-23(2)38)18-30(36)33(29)37/h3,7-10,17-19,21,23,27,41H,1,4-6,11-16,20,22,38H2,2H3,(H2,39,40)(H,42,43,46)/t23-,27+/m0/s1. The average molecular weight is 679 g/mol. The van der Waals surface area contributed by atoms with Crippen LogP contribution in [0.5, 0.6) is 0 Å². The second-order valence-corrected chi connectivity index (χ2v) is 13.8. The Morgan fingerprint density at radius 2 is 1.98 bits per heavy atom. The molecule has 1 saturated heterocycles. The molecule has 6 N–H and O–H groups in total. The van der Waals surface area contributed by atoms with Crippen LogP contribution in [0.15, 0.2) is 71.1 Å². The molecule has 2 aromatic heterocycles. The number of halogens is 2. The first-order valence-corrected chi connectivity index (χ1v) is 17.6. The van der Waals surface area contributed by atoms with Crippen LogP contribution in [-0.2, 0) is 13.0 Å². The van der Waals surface area contributed by atoms with Crippen molar-refractivity contribution in [2.24, 2.45) is 16.5 Å². The number of aliphatic imine (C=N–C) groups is 1. The van der Waals surface area contributed by atoms with Crippen molar-refractivity contribution in [2.75, 3.05) is 37.7 Å². The summed E-state index contributed by atoms with van der Waals surface area (Å²) in [5.74, 6) is 2.47. The summed E-state index contributed by atoms with van der Waals surface area (Å²) >= 11 is 8.24. The molecule has 0 saturated carbocycles. The normalized spacial score (nSPS) is 15.6. The van der Waals surface area contributed by atoms with E-state index in [0.717, 1.165) is 68.0 Å². The fraction of sp³-hybridized carbons (Fsp3) is 0.400. The third kappa shape index (κ3) is 9.55. The highest BCUT2D eigenvalue weighted by atomic mass is 35.5. The molecule has 0 radical (unpaired) electrons. The smallest absolute Gasteiger partial charge is 0.354 e. The summed E-state index contributed by atoms with van der Waals surface area (Å²) < 4.78 is 16.6. The van der Waals surface area contributed by atoms with Gasteiger partial charge in [0.2, 0.25) is 0 Å². The van der Waals surface area contributed by atoms with E-state index >= 15 is 4.39 Å². The Morgan fingerprint density at radius 3 is 2.70 bits per heavy atom. The van der Waals surface area contributed by atoms with Crippen molar-refractivity contribution in [3.8, 4) is 16.9 Å². The Hall–Kier alpha value is -3.48. The molecule has 1 aliphatic heterocycles. The number of amidine groups is 1. The molecule has 9 nitrogen and oxygen atoms in total. The van der Waals surface area contributed by atoms with Gasteiger partial charge in [-0.25, -0.2) is 9.18 Å². The van der Waals surface area contributed by atoms with Gasteiger partial charge < -0.3 is 21.8 Å². The number of nitrogens with one attached hydrogen (secondary N) is 2. The highest BCUT2D eigenvalue weighted by Crippen LogP contribution is 2.31. The number of aryl methyl sites for hydroxylation is 1. The van der Waals surface area contributed by atoms with Crippen LogP contribution in [0.3, 0.4) is 0 Å². The van der Waals surface area contributed by atoms with Crippen molar-refractivity contribution in [3.63, 3.8) is 0 Å². The van der Waals surface area contributed by atoms with E-state index in [0.29, 0.717) is 46.9 Å². The molecule has 2 aromatic carbocycles. The molecule has 5 rings (SSSR count). The second kappa shape index (κ2) is 16.6. The molecule has 4 aromatic rings. The molecule has 0 aliphatic carbocycles. The van der Waals surface area contributed by atoms with E-state index in [1.165, 1.54) is 4.57 Å². The van der Waals surface area contributed by atoms with E-state index < -0.39 is 11.5 Å². The van der Waals surface area contributed by atoms with Gasteiger partial charge >= 0.3 is 5.69 Å². The Labute approximate surface area is 284 Å². The first-order chi connectivity index (χ1) is 22.7. The topological polar surface area (TPSA) is 130 Å². The molecule has 0 amide bonds. The molecule has 2 atom stereocenters. The summed E-state index contributed by atoms with van der Waals surface area (Å²) in [7, 11) is 0.